The molecule has 0 bridgehead atoms. The average Bonchev–Trinajstić information content (AvgIpc) is 3.06. The van der Waals surface area contributed by atoms with E-state index >= 15 is 0 Å². The van der Waals surface area contributed by atoms with Gasteiger partial charge in [-0.05, 0) is 30.5 Å². The van der Waals surface area contributed by atoms with Gasteiger partial charge < -0.3 is 5.73 Å². The van der Waals surface area contributed by atoms with Crippen LogP contribution in [0.1, 0.15) is 24.1 Å². The van der Waals surface area contributed by atoms with Crippen LogP contribution in [0.5, 0.6) is 0 Å². The Bertz CT molecular complexity index is 1120. The van der Waals surface area contributed by atoms with Crippen molar-refractivity contribution in [3.63, 3.8) is 0 Å². The Hall–Kier alpha value is -2.72. The van der Waals surface area contributed by atoms with Crippen molar-refractivity contribution in [2.75, 3.05) is 16.7 Å². The first kappa shape index (κ1) is 20.0. The number of hydrogen-bond acceptors (Lipinski definition) is 6. The molecule has 3 aromatic rings. The molecule has 2 aromatic heterocycles. The van der Waals surface area contributed by atoms with Gasteiger partial charge in [-0.15, -0.1) is 0 Å². The highest BCUT2D eigenvalue weighted by atomic mass is 35.5. The number of nitrogens with zero attached hydrogens (tertiary/aromatic N) is 3. The summed E-state index contributed by atoms with van der Waals surface area (Å²) in [5.41, 5.74) is 7.36. The summed E-state index contributed by atoms with van der Waals surface area (Å²) < 4.78 is 40.1. The van der Waals surface area contributed by atoms with E-state index in [0.717, 1.165) is 17.5 Å². The fourth-order valence-corrected chi connectivity index (χ4v) is 3.65. The molecule has 0 aliphatic carbocycles. The van der Waals surface area contributed by atoms with E-state index in [1.165, 1.54) is 12.1 Å². The Morgan fingerprint density at radius 2 is 2.14 bits per heavy atom. The van der Waals surface area contributed by atoms with E-state index in [9.17, 15) is 12.8 Å². The van der Waals surface area contributed by atoms with Crippen LogP contribution >= 0.6 is 11.6 Å². The van der Waals surface area contributed by atoms with E-state index in [0.29, 0.717) is 12.1 Å². The second kappa shape index (κ2) is 7.72. The van der Waals surface area contributed by atoms with Crippen LogP contribution in [-0.4, -0.2) is 34.8 Å². The summed E-state index contributed by atoms with van der Waals surface area (Å²) in [6.07, 6.45) is 4.62. The summed E-state index contributed by atoms with van der Waals surface area (Å²) in [6, 6.07) is 4.38. The number of sulfonamides is 1. The third-order valence-electron chi connectivity index (χ3n) is 4.05. The van der Waals surface area contributed by atoms with Gasteiger partial charge in [0.1, 0.15) is 0 Å². The lowest BCUT2D eigenvalue weighted by Crippen LogP contribution is -2.11. The molecule has 0 fully saturated rings. The van der Waals surface area contributed by atoms with Crippen LogP contribution in [0, 0.1) is 5.82 Å². The molecule has 4 N–H and O–H groups in total. The van der Waals surface area contributed by atoms with Gasteiger partial charge in [-0.3, -0.25) is 9.82 Å². The Balaban J connectivity index is 1.99. The second-order valence-corrected chi connectivity index (χ2v) is 8.59. The van der Waals surface area contributed by atoms with Crippen LogP contribution in [-0.2, 0) is 16.4 Å². The minimum Gasteiger partial charge on any atom is -0.368 e. The topological polar surface area (TPSA) is 127 Å². The fourth-order valence-electron chi connectivity index (χ4n) is 2.88. The lowest BCUT2D eigenvalue weighted by molar-refractivity contribution is 0.604. The molecular weight excluding hydrogens is 407 g/mol. The number of aromatic nitrogens is 4. The zero-order valence-electron chi connectivity index (χ0n) is 15.1. The van der Waals surface area contributed by atoms with Gasteiger partial charge in [-0.2, -0.15) is 5.10 Å². The van der Waals surface area contributed by atoms with Crippen LogP contribution in [0.25, 0.3) is 11.3 Å². The maximum absolute atomic E-state index is 15.0. The predicted molar refractivity (Wildman–Crippen MR) is 106 cm³/mol. The number of anilines is 2. The number of H-pyrrole nitrogens is 1. The molecule has 28 heavy (non-hydrogen) atoms. The molecular formula is C17H18ClFN6O2S. The first-order valence-electron chi connectivity index (χ1n) is 8.22. The molecule has 0 amide bonds. The fraction of sp³-hybridized carbons (Fsp3) is 0.235. The minimum absolute atomic E-state index is 0.0900. The van der Waals surface area contributed by atoms with Crippen molar-refractivity contribution < 1.29 is 12.8 Å². The first-order valence-corrected chi connectivity index (χ1v) is 10.5. The summed E-state index contributed by atoms with van der Waals surface area (Å²) >= 11 is 6.08. The first-order chi connectivity index (χ1) is 13.1. The molecule has 0 aliphatic heterocycles. The quantitative estimate of drug-likeness (QED) is 0.558. The summed E-state index contributed by atoms with van der Waals surface area (Å²) in [6.45, 7) is 1.94. The molecule has 1 unspecified atom stereocenters. The molecule has 3 rings (SSSR count). The van der Waals surface area contributed by atoms with Gasteiger partial charge in [0.15, 0.2) is 5.82 Å². The molecule has 2 heterocycles. The monoisotopic (exact) mass is 424 g/mol. The van der Waals surface area contributed by atoms with Crippen LogP contribution in [0.2, 0.25) is 5.02 Å². The van der Waals surface area contributed by atoms with Gasteiger partial charge in [-0.1, -0.05) is 18.5 Å². The molecule has 0 radical (unpaired) electrons. The van der Waals surface area contributed by atoms with Gasteiger partial charge in [0.2, 0.25) is 16.0 Å². The Morgan fingerprint density at radius 3 is 2.82 bits per heavy atom. The normalized spacial score (nSPS) is 12.7. The Morgan fingerprint density at radius 1 is 1.39 bits per heavy atom. The number of benzene rings is 1. The van der Waals surface area contributed by atoms with Gasteiger partial charge >= 0.3 is 0 Å². The molecule has 1 atom stereocenters. The molecule has 0 aliphatic rings. The molecule has 0 saturated carbocycles. The van der Waals surface area contributed by atoms with Gasteiger partial charge in [0.05, 0.1) is 23.8 Å². The summed E-state index contributed by atoms with van der Waals surface area (Å²) in [7, 11) is -3.67. The predicted octanol–water partition coefficient (Wildman–Crippen LogP) is 2.96. The highest BCUT2D eigenvalue weighted by Crippen LogP contribution is 2.35. The van der Waals surface area contributed by atoms with E-state index < -0.39 is 15.8 Å². The van der Waals surface area contributed by atoms with Crippen LogP contribution in [0.4, 0.5) is 16.0 Å². The molecule has 8 nitrogen and oxygen atoms in total. The van der Waals surface area contributed by atoms with Gasteiger partial charge in [-0.25, -0.2) is 22.8 Å². The summed E-state index contributed by atoms with van der Waals surface area (Å²) in [4.78, 5) is 8.04. The molecule has 148 valence electrons. The third-order valence-corrected chi connectivity index (χ3v) is 4.86. The smallest absolute Gasteiger partial charge is 0.229 e. The van der Waals surface area contributed by atoms with Crippen LogP contribution < -0.4 is 10.5 Å². The van der Waals surface area contributed by atoms with Crippen LogP contribution in [0.15, 0.2) is 30.6 Å². The van der Waals surface area contributed by atoms with E-state index in [-0.39, 0.29) is 28.1 Å². The molecule has 0 saturated heterocycles. The summed E-state index contributed by atoms with van der Waals surface area (Å²) in [5.74, 6) is -0.666. The van der Waals surface area contributed by atoms with Crippen molar-refractivity contribution in [1.29, 1.82) is 0 Å². The SMILES string of the molecule is CC(Cc1ccnc(N)n1)c1cn[nH]c1-c1cc(Cl)cc(NS(C)(=O)=O)c1F. The number of nitrogen functional groups attached to an aromatic ring is 1. The van der Waals surface area contributed by atoms with Gasteiger partial charge in [0, 0.05) is 28.0 Å². The standard InChI is InChI=1S/C17H18ClFN6O2S/c1-9(5-11-3-4-21-17(20)23-11)13-8-22-24-16(13)12-6-10(18)7-14(15(12)19)25-28(2,26)27/h3-4,6-9,25H,5H2,1-2H3,(H,22,24)(H2,20,21,23). The second-order valence-electron chi connectivity index (χ2n) is 6.40. The Labute approximate surface area is 166 Å². The van der Waals surface area contributed by atoms with E-state index in [4.69, 9.17) is 17.3 Å². The maximum atomic E-state index is 15.0. The van der Waals surface area contributed by atoms with Gasteiger partial charge in [0.25, 0.3) is 0 Å². The lowest BCUT2D eigenvalue weighted by Gasteiger charge is -2.14. The van der Waals surface area contributed by atoms with Crippen molar-refractivity contribution in [2.24, 2.45) is 0 Å². The van der Waals surface area contributed by atoms with E-state index in [1.807, 2.05) is 6.92 Å². The number of aromatic amines is 1. The van der Waals surface area contributed by atoms with E-state index in [2.05, 4.69) is 24.9 Å². The van der Waals surface area contributed by atoms with Crippen molar-refractivity contribution in [3.8, 4) is 11.3 Å². The highest BCUT2D eigenvalue weighted by molar-refractivity contribution is 7.92. The van der Waals surface area contributed by atoms with Crippen molar-refractivity contribution in [1.82, 2.24) is 20.2 Å². The largest absolute Gasteiger partial charge is 0.368 e. The Kier molecular flexibility index (Phi) is 5.52. The number of rotatable bonds is 6. The van der Waals surface area contributed by atoms with E-state index in [1.54, 1.807) is 18.5 Å². The van der Waals surface area contributed by atoms with Crippen molar-refractivity contribution in [3.05, 3.63) is 52.7 Å². The number of halogens is 2. The van der Waals surface area contributed by atoms with Crippen molar-refractivity contribution >= 4 is 33.3 Å². The molecule has 1 aromatic carbocycles. The average molecular weight is 425 g/mol. The summed E-state index contributed by atoms with van der Waals surface area (Å²) in [5, 5.41) is 6.98. The molecule has 0 spiro atoms. The number of nitrogens with one attached hydrogen (secondary N) is 2. The third kappa shape index (κ3) is 4.57. The maximum Gasteiger partial charge on any atom is 0.229 e. The van der Waals surface area contributed by atoms with Crippen LogP contribution in [0.3, 0.4) is 0 Å². The highest BCUT2D eigenvalue weighted by Gasteiger charge is 2.21. The zero-order valence-corrected chi connectivity index (χ0v) is 16.6. The lowest BCUT2D eigenvalue weighted by atomic mass is 9.93. The number of hydrogen-bond donors (Lipinski definition) is 3. The number of nitrogens with two attached hydrogens (primary N) is 1. The zero-order chi connectivity index (χ0) is 20.5. The molecule has 11 heteroatoms. The minimum atomic E-state index is -3.67. The van der Waals surface area contributed by atoms with Crippen molar-refractivity contribution in [2.45, 2.75) is 19.3 Å².